The minimum absolute atomic E-state index is 0.0138. The largest absolute Gasteiger partial charge is 0.450 e. The fraction of sp³-hybridized carbons (Fsp3) is 0.227. The van der Waals surface area contributed by atoms with E-state index in [0.29, 0.717) is 22.3 Å². The Morgan fingerprint density at radius 1 is 1.13 bits per heavy atom. The zero-order valence-electron chi connectivity index (χ0n) is 16.0. The first-order valence-electron chi connectivity index (χ1n) is 9.58. The Bertz CT molecular complexity index is 1300. The van der Waals surface area contributed by atoms with Gasteiger partial charge in [0.25, 0.3) is 11.8 Å². The number of para-hydroxylation sites is 1. The topological polar surface area (TPSA) is 91.1 Å². The summed E-state index contributed by atoms with van der Waals surface area (Å²) in [7, 11) is 0. The van der Waals surface area contributed by atoms with Crippen LogP contribution in [0.5, 0.6) is 0 Å². The number of rotatable bonds is 3. The lowest BCUT2D eigenvalue weighted by Crippen LogP contribution is -2.54. The molecule has 0 bridgehead atoms. The summed E-state index contributed by atoms with van der Waals surface area (Å²) in [6, 6.07) is 12.1. The third-order valence-corrected chi connectivity index (χ3v) is 6.33. The second-order valence-electron chi connectivity index (χ2n) is 7.23. The number of halogens is 1. The van der Waals surface area contributed by atoms with Gasteiger partial charge in [-0.1, -0.05) is 34.1 Å². The molecule has 8 heteroatoms. The summed E-state index contributed by atoms with van der Waals surface area (Å²) < 4.78 is 6.57. The summed E-state index contributed by atoms with van der Waals surface area (Å²) >= 11 is 3.36. The maximum absolute atomic E-state index is 13.8. The van der Waals surface area contributed by atoms with E-state index < -0.39 is 22.8 Å². The van der Waals surface area contributed by atoms with Gasteiger partial charge in [0.1, 0.15) is 5.58 Å². The van der Waals surface area contributed by atoms with Crippen LogP contribution in [0.4, 0.5) is 5.69 Å². The minimum atomic E-state index is -1.65. The summed E-state index contributed by atoms with van der Waals surface area (Å²) in [4.78, 5) is 43.7. The van der Waals surface area contributed by atoms with E-state index in [2.05, 4.69) is 15.9 Å². The monoisotopic (exact) mass is 468 g/mol. The quantitative estimate of drug-likeness (QED) is 0.637. The number of aliphatic hydroxyl groups is 1. The number of likely N-dealkylation sites (N-methyl/N-ethyl adjacent to an activating group) is 1. The van der Waals surface area contributed by atoms with Gasteiger partial charge in [0.05, 0.1) is 23.2 Å². The van der Waals surface area contributed by atoms with Gasteiger partial charge in [-0.3, -0.25) is 14.4 Å². The Morgan fingerprint density at radius 2 is 1.90 bits per heavy atom. The molecule has 0 saturated carbocycles. The number of anilines is 1. The molecule has 1 spiro atoms. The highest BCUT2D eigenvalue weighted by Gasteiger charge is 2.64. The molecular formula is C22H17BrN2O5. The molecule has 1 atom stereocenters. The summed E-state index contributed by atoms with van der Waals surface area (Å²) in [5, 5.41) is 9.96. The van der Waals surface area contributed by atoms with Crippen molar-refractivity contribution in [1.29, 1.82) is 0 Å². The Labute approximate surface area is 179 Å². The van der Waals surface area contributed by atoms with Crippen molar-refractivity contribution < 1.29 is 19.1 Å². The smallest absolute Gasteiger partial charge is 0.291 e. The minimum Gasteiger partial charge on any atom is -0.450 e. The first-order valence-corrected chi connectivity index (χ1v) is 10.4. The number of amides is 2. The number of carbonyl (C=O) groups excluding carboxylic acids is 2. The predicted molar refractivity (Wildman–Crippen MR) is 114 cm³/mol. The molecule has 1 aromatic heterocycles. The van der Waals surface area contributed by atoms with Crippen molar-refractivity contribution in [3.63, 3.8) is 0 Å². The highest BCUT2D eigenvalue weighted by atomic mass is 79.9. The number of nitrogens with zero attached hydrogens (tertiary/aromatic N) is 2. The van der Waals surface area contributed by atoms with Crippen LogP contribution in [0, 0.1) is 0 Å². The van der Waals surface area contributed by atoms with Crippen molar-refractivity contribution in [2.45, 2.75) is 12.5 Å². The average molecular weight is 469 g/mol. The standard InChI is InChI=1S/C22H17BrN2O5/c1-2-24-15-6-4-3-5-14(15)22(21(24)29)17-18(27)13-11-12(23)7-8-16(13)30-19(17)20(28)25(22)9-10-26/h3-8,11,26H,2,9-10H2,1H3. The van der Waals surface area contributed by atoms with Gasteiger partial charge in [-0.25, -0.2) is 0 Å². The summed E-state index contributed by atoms with van der Waals surface area (Å²) in [5.41, 5.74) is -0.620. The molecule has 1 unspecified atom stereocenters. The first-order chi connectivity index (χ1) is 14.5. The van der Waals surface area contributed by atoms with Crippen molar-refractivity contribution in [2.75, 3.05) is 24.6 Å². The number of benzene rings is 2. The van der Waals surface area contributed by atoms with E-state index in [9.17, 15) is 19.5 Å². The molecule has 2 aliphatic heterocycles. The molecule has 7 nitrogen and oxygen atoms in total. The first kappa shape index (κ1) is 19.0. The molecule has 0 saturated heterocycles. The van der Waals surface area contributed by atoms with Gasteiger partial charge in [-0.15, -0.1) is 0 Å². The van der Waals surface area contributed by atoms with Crippen LogP contribution in [0.2, 0.25) is 0 Å². The van der Waals surface area contributed by atoms with Gasteiger partial charge < -0.3 is 19.3 Å². The molecular weight excluding hydrogens is 452 g/mol. The van der Waals surface area contributed by atoms with E-state index in [1.165, 1.54) is 4.90 Å². The molecule has 2 aromatic carbocycles. The van der Waals surface area contributed by atoms with E-state index in [4.69, 9.17) is 4.42 Å². The number of hydrogen-bond acceptors (Lipinski definition) is 5. The summed E-state index contributed by atoms with van der Waals surface area (Å²) in [5.74, 6) is -1.13. The molecule has 30 heavy (non-hydrogen) atoms. The average Bonchev–Trinajstić information content (AvgIpc) is 3.14. The summed E-state index contributed by atoms with van der Waals surface area (Å²) in [6.45, 7) is 1.74. The maximum Gasteiger partial charge on any atom is 0.291 e. The fourth-order valence-electron chi connectivity index (χ4n) is 4.68. The van der Waals surface area contributed by atoms with E-state index in [1.54, 1.807) is 41.3 Å². The molecule has 2 aliphatic rings. The van der Waals surface area contributed by atoms with Gasteiger partial charge in [0.2, 0.25) is 5.76 Å². The second-order valence-corrected chi connectivity index (χ2v) is 8.15. The van der Waals surface area contributed by atoms with Crippen LogP contribution >= 0.6 is 15.9 Å². The Morgan fingerprint density at radius 3 is 2.63 bits per heavy atom. The van der Waals surface area contributed by atoms with Gasteiger partial charge in [0, 0.05) is 23.1 Å². The van der Waals surface area contributed by atoms with Gasteiger partial charge in [-0.2, -0.15) is 0 Å². The van der Waals surface area contributed by atoms with E-state index in [1.807, 2.05) is 13.0 Å². The predicted octanol–water partition coefficient (Wildman–Crippen LogP) is 2.61. The van der Waals surface area contributed by atoms with Crippen molar-refractivity contribution in [3.8, 4) is 0 Å². The molecule has 2 amide bonds. The lowest BCUT2D eigenvalue weighted by atomic mass is 9.84. The molecule has 0 fully saturated rings. The van der Waals surface area contributed by atoms with E-state index >= 15 is 0 Å². The van der Waals surface area contributed by atoms with Crippen LogP contribution in [-0.2, 0) is 10.3 Å². The number of hydrogen-bond donors (Lipinski definition) is 1. The maximum atomic E-state index is 13.8. The number of carbonyl (C=O) groups is 2. The van der Waals surface area contributed by atoms with E-state index in [0.717, 1.165) is 0 Å². The van der Waals surface area contributed by atoms with Crippen molar-refractivity contribution >= 4 is 44.4 Å². The lowest BCUT2D eigenvalue weighted by molar-refractivity contribution is -0.126. The van der Waals surface area contributed by atoms with E-state index in [-0.39, 0.29) is 35.4 Å². The lowest BCUT2D eigenvalue weighted by Gasteiger charge is -2.33. The normalized spacial score (nSPS) is 19.8. The molecule has 0 aliphatic carbocycles. The third-order valence-electron chi connectivity index (χ3n) is 5.84. The van der Waals surface area contributed by atoms with Gasteiger partial charge in [-0.05, 0) is 31.2 Å². The number of β-amino-alcohol motifs (C(OH)–C–C–N with tert-alkyl or cyclic N) is 1. The molecule has 152 valence electrons. The Kier molecular flexibility index (Phi) is 4.13. The highest BCUT2D eigenvalue weighted by molar-refractivity contribution is 9.10. The molecule has 1 N–H and O–H groups in total. The van der Waals surface area contributed by atoms with Crippen LogP contribution in [0.25, 0.3) is 11.0 Å². The molecule has 3 heterocycles. The Balaban J connectivity index is 1.95. The third kappa shape index (κ3) is 2.15. The van der Waals surface area contributed by atoms with Crippen LogP contribution in [0.3, 0.4) is 0 Å². The van der Waals surface area contributed by atoms with Crippen molar-refractivity contribution in [3.05, 3.63) is 74.0 Å². The zero-order chi connectivity index (χ0) is 21.2. The van der Waals surface area contributed by atoms with Crippen molar-refractivity contribution in [2.24, 2.45) is 0 Å². The SMILES string of the molecule is CCN1C(=O)C2(c3ccccc31)c1c(oc3ccc(Br)cc3c1=O)C(=O)N2CCO. The van der Waals surface area contributed by atoms with Crippen LogP contribution < -0.4 is 10.3 Å². The second kappa shape index (κ2) is 6.52. The van der Waals surface area contributed by atoms with Crippen LogP contribution in [-0.4, -0.2) is 41.5 Å². The number of fused-ring (bicyclic) bond motifs is 5. The zero-order valence-corrected chi connectivity index (χ0v) is 17.6. The van der Waals surface area contributed by atoms with Crippen molar-refractivity contribution in [1.82, 2.24) is 4.90 Å². The highest BCUT2D eigenvalue weighted by Crippen LogP contribution is 2.52. The number of aliphatic hydroxyl groups excluding tert-OH is 1. The van der Waals surface area contributed by atoms with Crippen LogP contribution in [0.1, 0.15) is 28.6 Å². The molecule has 0 radical (unpaired) electrons. The molecule has 3 aromatic rings. The van der Waals surface area contributed by atoms with Gasteiger partial charge in [0.15, 0.2) is 11.0 Å². The molecule has 5 rings (SSSR count). The fourth-order valence-corrected chi connectivity index (χ4v) is 5.04. The summed E-state index contributed by atoms with van der Waals surface area (Å²) in [6.07, 6.45) is 0. The van der Waals surface area contributed by atoms with Crippen LogP contribution in [0.15, 0.2) is 56.1 Å². The van der Waals surface area contributed by atoms with Gasteiger partial charge >= 0.3 is 0 Å². The Hall–Kier alpha value is -2.97.